The van der Waals surface area contributed by atoms with E-state index in [1.165, 1.54) is 0 Å². The number of anilines is 2. The van der Waals surface area contributed by atoms with Crippen LogP contribution in [0.2, 0.25) is 0 Å². The molecule has 1 aromatic heterocycles. The molecule has 3 rings (SSSR count). The Kier molecular flexibility index (Phi) is 3.51. The topological polar surface area (TPSA) is 70.4 Å². The zero-order valence-corrected chi connectivity index (χ0v) is 11.9. The van der Waals surface area contributed by atoms with Crippen LogP contribution in [0.4, 0.5) is 11.5 Å². The lowest BCUT2D eigenvalue weighted by molar-refractivity contribution is 0.0697. The number of benzene rings is 1. The minimum atomic E-state index is -0.906. The van der Waals surface area contributed by atoms with Crippen molar-refractivity contribution in [1.29, 1.82) is 0 Å². The van der Waals surface area contributed by atoms with Crippen LogP contribution in [-0.2, 0) is 6.54 Å². The van der Waals surface area contributed by atoms with Crippen LogP contribution in [0.3, 0.4) is 0 Å². The quantitative estimate of drug-likeness (QED) is 0.901. The molecule has 110 valence electrons. The standard InChI is InChI=1S/C15H18N4O2/c1-11-9-14-18(7-2-8-19(14)17-11)10-16-13-5-3-12(4-6-13)15(20)21/h3-6,9,16H,2,7-8,10H2,1H3,(H,20,21). The van der Waals surface area contributed by atoms with Gasteiger partial charge in [0.2, 0.25) is 0 Å². The molecule has 0 saturated carbocycles. The first-order chi connectivity index (χ1) is 10.1. The summed E-state index contributed by atoms with van der Waals surface area (Å²) in [7, 11) is 0. The van der Waals surface area contributed by atoms with Gasteiger partial charge in [-0.15, -0.1) is 0 Å². The molecule has 0 saturated heterocycles. The van der Waals surface area contributed by atoms with E-state index >= 15 is 0 Å². The molecule has 0 radical (unpaired) electrons. The molecule has 1 aliphatic heterocycles. The molecule has 2 N–H and O–H groups in total. The van der Waals surface area contributed by atoms with Crippen molar-refractivity contribution in [3.63, 3.8) is 0 Å². The van der Waals surface area contributed by atoms with Crippen molar-refractivity contribution in [3.05, 3.63) is 41.6 Å². The van der Waals surface area contributed by atoms with E-state index in [1.807, 2.05) is 11.6 Å². The average molecular weight is 286 g/mol. The molecule has 0 bridgehead atoms. The summed E-state index contributed by atoms with van der Waals surface area (Å²) >= 11 is 0. The lowest BCUT2D eigenvalue weighted by Gasteiger charge is -2.29. The van der Waals surface area contributed by atoms with E-state index in [1.54, 1.807) is 24.3 Å². The number of carboxylic acid groups (broad SMARTS) is 1. The Morgan fingerprint density at radius 3 is 2.81 bits per heavy atom. The SMILES string of the molecule is Cc1cc2n(n1)CCCN2CNc1ccc(C(=O)O)cc1. The van der Waals surface area contributed by atoms with Crippen molar-refractivity contribution >= 4 is 17.5 Å². The van der Waals surface area contributed by atoms with E-state index in [0.717, 1.165) is 36.7 Å². The fourth-order valence-electron chi connectivity index (χ4n) is 2.55. The normalized spacial score (nSPS) is 13.9. The average Bonchev–Trinajstić information content (AvgIpc) is 2.86. The van der Waals surface area contributed by atoms with Crippen LogP contribution in [0.25, 0.3) is 0 Å². The lowest BCUT2D eigenvalue weighted by Crippen LogP contribution is -2.36. The van der Waals surface area contributed by atoms with Crippen molar-refractivity contribution in [3.8, 4) is 0 Å². The number of fused-ring (bicyclic) bond motifs is 1. The van der Waals surface area contributed by atoms with E-state index < -0.39 is 5.97 Å². The van der Waals surface area contributed by atoms with Crippen molar-refractivity contribution < 1.29 is 9.90 Å². The molecule has 0 spiro atoms. The zero-order chi connectivity index (χ0) is 14.8. The third-order valence-corrected chi connectivity index (χ3v) is 3.61. The highest BCUT2D eigenvalue weighted by atomic mass is 16.4. The fraction of sp³-hybridized carbons (Fsp3) is 0.333. The van der Waals surface area contributed by atoms with Crippen LogP contribution in [0.15, 0.2) is 30.3 Å². The predicted octanol–water partition coefficient (Wildman–Crippen LogP) is 2.17. The van der Waals surface area contributed by atoms with E-state index in [0.29, 0.717) is 12.2 Å². The molecular formula is C15H18N4O2. The third-order valence-electron chi connectivity index (χ3n) is 3.61. The molecule has 1 aromatic carbocycles. The Bertz CT molecular complexity index is 648. The molecule has 0 fully saturated rings. The van der Waals surface area contributed by atoms with E-state index in [4.69, 9.17) is 5.11 Å². The smallest absolute Gasteiger partial charge is 0.335 e. The molecule has 1 aliphatic rings. The maximum Gasteiger partial charge on any atom is 0.335 e. The summed E-state index contributed by atoms with van der Waals surface area (Å²) < 4.78 is 2.04. The number of hydrogen-bond acceptors (Lipinski definition) is 4. The van der Waals surface area contributed by atoms with Crippen molar-refractivity contribution in [2.45, 2.75) is 19.9 Å². The van der Waals surface area contributed by atoms with Gasteiger partial charge in [0, 0.05) is 24.8 Å². The largest absolute Gasteiger partial charge is 0.478 e. The molecule has 6 nitrogen and oxygen atoms in total. The summed E-state index contributed by atoms with van der Waals surface area (Å²) in [5.74, 6) is 0.227. The number of aryl methyl sites for hydroxylation is 2. The van der Waals surface area contributed by atoms with Crippen LogP contribution in [0, 0.1) is 6.92 Å². The van der Waals surface area contributed by atoms with Gasteiger partial charge in [-0.1, -0.05) is 0 Å². The van der Waals surface area contributed by atoms with Crippen LogP contribution in [0.1, 0.15) is 22.5 Å². The number of hydrogen-bond donors (Lipinski definition) is 2. The monoisotopic (exact) mass is 286 g/mol. The highest BCUT2D eigenvalue weighted by Crippen LogP contribution is 2.21. The van der Waals surface area contributed by atoms with Crippen LogP contribution in [-0.4, -0.2) is 34.1 Å². The van der Waals surface area contributed by atoms with Gasteiger partial charge in [0.25, 0.3) is 0 Å². The summed E-state index contributed by atoms with van der Waals surface area (Å²) in [6.07, 6.45) is 1.08. The number of rotatable bonds is 4. The molecule has 0 amide bonds. The second-order valence-corrected chi connectivity index (χ2v) is 5.20. The molecule has 0 aliphatic carbocycles. The van der Waals surface area contributed by atoms with Gasteiger partial charge in [-0.05, 0) is 37.6 Å². The van der Waals surface area contributed by atoms with Crippen LogP contribution >= 0.6 is 0 Å². The maximum atomic E-state index is 10.8. The van der Waals surface area contributed by atoms with Crippen LogP contribution < -0.4 is 10.2 Å². The molecule has 2 heterocycles. The number of carbonyl (C=O) groups is 1. The Hall–Kier alpha value is -2.50. The highest BCUT2D eigenvalue weighted by molar-refractivity contribution is 5.88. The van der Waals surface area contributed by atoms with Gasteiger partial charge in [0.05, 0.1) is 17.9 Å². The van der Waals surface area contributed by atoms with Crippen LogP contribution in [0.5, 0.6) is 0 Å². The van der Waals surface area contributed by atoms with Gasteiger partial charge in [0.1, 0.15) is 5.82 Å². The Labute approximate surface area is 123 Å². The molecular weight excluding hydrogens is 268 g/mol. The van der Waals surface area contributed by atoms with Gasteiger partial charge < -0.3 is 15.3 Å². The van der Waals surface area contributed by atoms with Gasteiger partial charge >= 0.3 is 5.97 Å². The molecule has 21 heavy (non-hydrogen) atoms. The first-order valence-corrected chi connectivity index (χ1v) is 7.00. The molecule has 6 heteroatoms. The summed E-state index contributed by atoms with van der Waals surface area (Å²) in [6, 6.07) is 8.88. The van der Waals surface area contributed by atoms with Gasteiger partial charge in [-0.2, -0.15) is 5.10 Å². The number of aromatic nitrogens is 2. The van der Waals surface area contributed by atoms with Gasteiger partial charge in [0.15, 0.2) is 0 Å². The number of nitrogens with one attached hydrogen (secondary N) is 1. The summed E-state index contributed by atoms with van der Waals surface area (Å²) in [6.45, 7) is 4.64. The molecule has 0 atom stereocenters. The fourth-order valence-corrected chi connectivity index (χ4v) is 2.55. The summed E-state index contributed by atoms with van der Waals surface area (Å²) in [5.41, 5.74) is 2.24. The second kappa shape index (κ2) is 5.47. The number of aromatic carboxylic acids is 1. The predicted molar refractivity (Wildman–Crippen MR) is 80.8 cm³/mol. The minimum absolute atomic E-state index is 0.298. The third kappa shape index (κ3) is 2.84. The van der Waals surface area contributed by atoms with Crippen molar-refractivity contribution in [2.24, 2.45) is 0 Å². The minimum Gasteiger partial charge on any atom is -0.478 e. The van der Waals surface area contributed by atoms with Gasteiger partial charge in [-0.3, -0.25) is 0 Å². The molecule has 0 unspecified atom stereocenters. The second-order valence-electron chi connectivity index (χ2n) is 5.20. The van der Waals surface area contributed by atoms with Gasteiger partial charge in [-0.25, -0.2) is 9.48 Å². The number of carboxylic acids is 1. The Balaban J connectivity index is 1.67. The van der Waals surface area contributed by atoms with Crippen molar-refractivity contribution in [2.75, 3.05) is 23.4 Å². The van der Waals surface area contributed by atoms with Crippen molar-refractivity contribution in [1.82, 2.24) is 9.78 Å². The Morgan fingerprint density at radius 1 is 1.33 bits per heavy atom. The van der Waals surface area contributed by atoms with E-state index in [2.05, 4.69) is 21.4 Å². The van der Waals surface area contributed by atoms with E-state index in [9.17, 15) is 4.79 Å². The lowest BCUT2D eigenvalue weighted by atomic mass is 10.2. The van der Waals surface area contributed by atoms with E-state index in [-0.39, 0.29) is 0 Å². The zero-order valence-electron chi connectivity index (χ0n) is 11.9. The molecule has 2 aromatic rings. The summed E-state index contributed by atoms with van der Waals surface area (Å²) in [5, 5.41) is 16.7. The maximum absolute atomic E-state index is 10.8. The Morgan fingerprint density at radius 2 is 2.10 bits per heavy atom. The first-order valence-electron chi connectivity index (χ1n) is 7.00. The highest BCUT2D eigenvalue weighted by Gasteiger charge is 2.17. The summed E-state index contributed by atoms with van der Waals surface area (Å²) in [4.78, 5) is 13.1. The first kappa shape index (κ1) is 13.5. The number of nitrogens with zero attached hydrogens (tertiary/aromatic N) is 3.